The molecule has 8 heteroatoms. The zero-order chi connectivity index (χ0) is 19.4. The van der Waals surface area contributed by atoms with Crippen molar-refractivity contribution in [1.82, 2.24) is 5.32 Å². The fourth-order valence-electron chi connectivity index (χ4n) is 2.99. The first-order valence-corrected chi connectivity index (χ1v) is 8.14. The molecule has 1 fully saturated rings. The van der Waals surface area contributed by atoms with Crippen LogP contribution in [0.3, 0.4) is 0 Å². The van der Waals surface area contributed by atoms with Gasteiger partial charge in [-0.25, -0.2) is 4.79 Å². The Kier molecular flexibility index (Phi) is 5.99. The van der Waals surface area contributed by atoms with E-state index in [1.54, 1.807) is 0 Å². The van der Waals surface area contributed by atoms with E-state index in [-0.39, 0.29) is 13.2 Å². The Morgan fingerprint density at radius 3 is 2.46 bits per heavy atom. The molecule has 1 heterocycles. The number of carbonyl (C=O) groups excluding carboxylic acids is 3. The Hall–Kier alpha value is -2.45. The van der Waals surface area contributed by atoms with Gasteiger partial charge >= 0.3 is 11.9 Å². The smallest absolute Gasteiger partial charge is 0.338 e. The summed E-state index contributed by atoms with van der Waals surface area (Å²) in [7, 11) is 1.12. The molecule has 0 saturated carbocycles. The molecule has 142 valence electrons. The standard InChI is InChI=1S/C18H23NO7/c1-12-15(21)19-17(16(22)24-3,10-26-13(2)20)18(12,23)11-25-9-14-7-5-4-6-8-14/h4-8,12,23H,9-11H2,1-3H3,(H,19,21)/t12-,17+,18-/m1/s1. The summed E-state index contributed by atoms with van der Waals surface area (Å²) in [5, 5.41) is 13.7. The topological polar surface area (TPSA) is 111 Å². The summed E-state index contributed by atoms with van der Waals surface area (Å²) in [6.07, 6.45) is 0. The van der Waals surface area contributed by atoms with E-state index >= 15 is 0 Å². The van der Waals surface area contributed by atoms with Gasteiger partial charge in [0.2, 0.25) is 11.4 Å². The van der Waals surface area contributed by atoms with Crippen molar-refractivity contribution in [2.24, 2.45) is 5.92 Å². The molecule has 1 aromatic rings. The first-order valence-electron chi connectivity index (χ1n) is 8.14. The van der Waals surface area contributed by atoms with Crippen LogP contribution in [0.4, 0.5) is 0 Å². The fraction of sp³-hybridized carbons (Fsp3) is 0.500. The molecule has 26 heavy (non-hydrogen) atoms. The van der Waals surface area contributed by atoms with Gasteiger partial charge in [-0.1, -0.05) is 37.3 Å². The molecule has 0 bridgehead atoms. The molecule has 0 unspecified atom stereocenters. The van der Waals surface area contributed by atoms with Gasteiger partial charge < -0.3 is 24.6 Å². The second-order valence-electron chi connectivity index (χ2n) is 6.29. The van der Waals surface area contributed by atoms with Crippen molar-refractivity contribution in [3.63, 3.8) is 0 Å². The lowest BCUT2D eigenvalue weighted by Crippen LogP contribution is -2.68. The molecular weight excluding hydrogens is 342 g/mol. The van der Waals surface area contributed by atoms with Crippen LogP contribution >= 0.6 is 0 Å². The maximum Gasteiger partial charge on any atom is 0.338 e. The summed E-state index contributed by atoms with van der Waals surface area (Å²) < 4.78 is 15.3. The summed E-state index contributed by atoms with van der Waals surface area (Å²) in [6.45, 7) is 1.92. The Morgan fingerprint density at radius 2 is 1.88 bits per heavy atom. The number of hydrogen-bond donors (Lipinski definition) is 2. The minimum Gasteiger partial charge on any atom is -0.467 e. The maximum atomic E-state index is 12.4. The third-order valence-electron chi connectivity index (χ3n) is 4.64. The summed E-state index contributed by atoms with van der Waals surface area (Å²) in [5.74, 6) is -3.11. The lowest BCUT2D eigenvalue weighted by Gasteiger charge is -2.39. The predicted molar refractivity (Wildman–Crippen MR) is 89.7 cm³/mol. The number of esters is 2. The number of nitrogens with one attached hydrogen (secondary N) is 1. The van der Waals surface area contributed by atoms with Crippen molar-refractivity contribution in [3.05, 3.63) is 35.9 Å². The molecule has 0 spiro atoms. The SMILES string of the molecule is COC(=O)[C@]1(COC(C)=O)NC(=O)[C@@H](C)[C@]1(O)COCc1ccccc1. The van der Waals surface area contributed by atoms with Crippen LogP contribution in [-0.4, -0.2) is 54.4 Å². The van der Waals surface area contributed by atoms with E-state index in [2.05, 4.69) is 5.32 Å². The number of benzene rings is 1. The predicted octanol–water partition coefficient (Wildman–Crippen LogP) is 0.175. The Bertz CT molecular complexity index is 677. The van der Waals surface area contributed by atoms with Gasteiger partial charge in [-0.15, -0.1) is 0 Å². The molecule has 8 nitrogen and oxygen atoms in total. The van der Waals surface area contributed by atoms with E-state index in [4.69, 9.17) is 14.2 Å². The number of rotatable bonds is 7. The quantitative estimate of drug-likeness (QED) is 0.663. The highest BCUT2D eigenvalue weighted by molar-refractivity contribution is 5.96. The zero-order valence-electron chi connectivity index (χ0n) is 15.0. The highest BCUT2D eigenvalue weighted by Crippen LogP contribution is 2.38. The third kappa shape index (κ3) is 3.56. The second-order valence-corrected chi connectivity index (χ2v) is 6.29. The van der Waals surface area contributed by atoms with Crippen LogP contribution in [0.15, 0.2) is 30.3 Å². The number of hydrogen-bond acceptors (Lipinski definition) is 7. The first kappa shape index (κ1) is 19.9. The van der Waals surface area contributed by atoms with Crippen molar-refractivity contribution in [2.45, 2.75) is 31.6 Å². The lowest BCUT2D eigenvalue weighted by molar-refractivity contribution is -0.178. The average molecular weight is 365 g/mol. The highest BCUT2D eigenvalue weighted by atomic mass is 16.6. The van der Waals surface area contributed by atoms with Gasteiger partial charge in [0.05, 0.1) is 26.2 Å². The number of ether oxygens (including phenoxy) is 3. The monoisotopic (exact) mass is 365 g/mol. The van der Waals surface area contributed by atoms with Gasteiger partial charge in [0, 0.05) is 6.92 Å². The fourth-order valence-corrected chi connectivity index (χ4v) is 2.99. The maximum absolute atomic E-state index is 12.4. The van der Waals surface area contributed by atoms with E-state index in [9.17, 15) is 19.5 Å². The van der Waals surface area contributed by atoms with Crippen LogP contribution < -0.4 is 5.32 Å². The molecular formula is C18H23NO7. The van der Waals surface area contributed by atoms with E-state index in [1.807, 2.05) is 30.3 Å². The van der Waals surface area contributed by atoms with Gasteiger partial charge in [-0.05, 0) is 5.56 Å². The van der Waals surface area contributed by atoms with E-state index < -0.39 is 41.5 Å². The van der Waals surface area contributed by atoms with Gasteiger partial charge in [-0.3, -0.25) is 9.59 Å². The molecule has 0 aromatic heterocycles. The summed E-state index contributed by atoms with van der Waals surface area (Å²) in [6, 6.07) is 9.24. The van der Waals surface area contributed by atoms with Crippen LogP contribution in [0.25, 0.3) is 0 Å². The number of aliphatic hydroxyl groups is 1. The third-order valence-corrected chi connectivity index (χ3v) is 4.64. The normalized spacial score (nSPS) is 27.7. The molecule has 0 radical (unpaired) electrons. The minimum absolute atomic E-state index is 0.175. The Morgan fingerprint density at radius 1 is 1.23 bits per heavy atom. The molecule has 1 aliphatic rings. The number of carbonyl (C=O) groups is 3. The second kappa shape index (κ2) is 7.84. The summed E-state index contributed by atoms with van der Waals surface area (Å²) >= 11 is 0. The summed E-state index contributed by atoms with van der Waals surface area (Å²) in [4.78, 5) is 35.9. The lowest BCUT2D eigenvalue weighted by atomic mass is 9.76. The van der Waals surface area contributed by atoms with Gasteiger partial charge in [0.25, 0.3) is 0 Å². The van der Waals surface area contributed by atoms with E-state index in [0.29, 0.717) is 0 Å². The summed E-state index contributed by atoms with van der Waals surface area (Å²) in [5.41, 5.74) is -3.04. The van der Waals surface area contributed by atoms with Crippen molar-refractivity contribution < 1.29 is 33.7 Å². The van der Waals surface area contributed by atoms with Crippen LogP contribution in [0.2, 0.25) is 0 Å². The van der Waals surface area contributed by atoms with E-state index in [1.165, 1.54) is 6.92 Å². The number of methoxy groups -OCH3 is 1. The Balaban J connectivity index is 2.26. The molecule has 1 amide bonds. The molecule has 1 saturated heterocycles. The van der Waals surface area contributed by atoms with Crippen molar-refractivity contribution in [1.29, 1.82) is 0 Å². The minimum atomic E-state index is -1.96. The van der Waals surface area contributed by atoms with Gasteiger partial charge in [0.15, 0.2) is 0 Å². The van der Waals surface area contributed by atoms with Crippen LogP contribution in [0.1, 0.15) is 19.4 Å². The van der Waals surface area contributed by atoms with E-state index in [0.717, 1.165) is 19.6 Å². The molecule has 1 aliphatic heterocycles. The first-order chi connectivity index (χ1) is 12.3. The molecule has 2 N–H and O–H groups in total. The molecule has 0 aliphatic carbocycles. The van der Waals surface area contributed by atoms with Crippen molar-refractivity contribution >= 4 is 17.8 Å². The molecule has 1 aromatic carbocycles. The van der Waals surface area contributed by atoms with Crippen molar-refractivity contribution in [3.8, 4) is 0 Å². The zero-order valence-corrected chi connectivity index (χ0v) is 15.0. The van der Waals surface area contributed by atoms with Gasteiger partial charge in [0.1, 0.15) is 12.2 Å². The van der Waals surface area contributed by atoms with Crippen LogP contribution in [0.5, 0.6) is 0 Å². The highest BCUT2D eigenvalue weighted by Gasteiger charge is 2.68. The molecule has 2 rings (SSSR count). The number of amides is 1. The largest absolute Gasteiger partial charge is 0.467 e. The molecule has 3 atom stereocenters. The van der Waals surface area contributed by atoms with Crippen LogP contribution in [0, 0.1) is 5.92 Å². The Labute approximate surface area is 151 Å². The van der Waals surface area contributed by atoms with Crippen LogP contribution in [-0.2, 0) is 35.2 Å². The average Bonchev–Trinajstić information content (AvgIpc) is 2.82. The van der Waals surface area contributed by atoms with Crippen molar-refractivity contribution in [2.75, 3.05) is 20.3 Å². The van der Waals surface area contributed by atoms with Gasteiger partial charge in [-0.2, -0.15) is 0 Å².